The molecule has 2 N–H and O–H groups in total. The predicted molar refractivity (Wildman–Crippen MR) is 95.5 cm³/mol. The Balaban J connectivity index is 1.80. The lowest BCUT2D eigenvalue weighted by Crippen LogP contribution is -2.29. The lowest BCUT2D eigenvalue weighted by atomic mass is 10.4. The Kier molecular flexibility index (Phi) is 7.15. The van der Waals surface area contributed by atoms with Crippen LogP contribution in [0.4, 0.5) is 5.69 Å². The van der Waals surface area contributed by atoms with Gasteiger partial charge in [0.15, 0.2) is 5.11 Å². The average Bonchev–Trinajstić information content (AvgIpc) is 2.54. The molecule has 4 nitrogen and oxygen atoms in total. The molecule has 0 aliphatic heterocycles. The van der Waals surface area contributed by atoms with Gasteiger partial charge in [-0.05, 0) is 42.9 Å². The number of hydrogen-bond acceptors (Lipinski definition) is 4. The molecule has 116 valence electrons. The van der Waals surface area contributed by atoms with E-state index < -0.39 is 0 Å². The maximum absolute atomic E-state index is 5.23. The molecule has 1 aromatic carbocycles. The molecular weight excluding hydrogens is 314 g/mol. The van der Waals surface area contributed by atoms with Gasteiger partial charge in [-0.15, -0.1) is 0 Å². The Labute approximate surface area is 140 Å². The summed E-state index contributed by atoms with van der Waals surface area (Å²) < 4.78 is 4.99. The Morgan fingerprint density at radius 1 is 1.23 bits per heavy atom. The minimum absolute atomic E-state index is 0.598. The minimum atomic E-state index is 0.598. The van der Waals surface area contributed by atoms with Crippen LogP contribution in [0.25, 0.3) is 0 Å². The molecule has 1 heterocycles. The van der Waals surface area contributed by atoms with Gasteiger partial charge in [-0.1, -0.05) is 30.0 Å². The first-order valence-electron chi connectivity index (χ1n) is 7.00. The van der Waals surface area contributed by atoms with Crippen molar-refractivity contribution in [2.45, 2.75) is 16.3 Å². The van der Waals surface area contributed by atoms with Gasteiger partial charge in [-0.25, -0.2) is 4.98 Å². The van der Waals surface area contributed by atoms with Crippen LogP contribution < -0.4 is 10.6 Å². The number of hydrogen-bond donors (Lipinski definition) is 2. The molecule has 0 atom stereocenters. The summed E-state index contributed by atoms with van der Waals surface area (Å²) in [5.74, 6) is 0. The van der Waals surface area contributed by atoms with E-state index in [1.165, 1.54) is 4.90 Å². The van der Waals surface area contributed by atoms with Crippen molar-refractivity contribution in [3.05, 3.63) is 48.7 Å². The smallest absolute Gasteiger partial charge is 0.170 e. The third-order valence-corrected chi connectivity index (χ3v) is 3.98. The lowest BCUT2D eigenvalue weighted by molar-refractivity contribution is 0.196. The number of rotatable bonds is 7. The SMILES string of the molecule is COCCCNC(=S)Nc1ccc(Sc2ccccc2)nc1. The van der Waals surface area contributed by atoms with Gasteiger partial charge in [0.1, 0.15) is 5.03 Å². The van der Waals surface area contributed by atoms with E-state index in [1.807, 2.05) is 30.3 Å². The molecule has 0 spiro atoms. The number of benzene rings is 1. The zero-order chi connectivity index (χ0) is 15.6. The van der Waals surface area contributed by atoms with Gasteiger partial charge in [0.2, 0.25) is 0 Å². The van der Waals surface area contributed by atoms with Gasteiger partial charge in [0.25, 0.3) is 0 Å². The van der Waals surface area contributed by atoms with E-state index in [0.717, 1.165) is 30.3 Å². The summed E-state index contributed by atoms with van der Waals surface area (Å²) in [5, 5.41) is 7.80. The third-order valence-electron chi connectivity index (χ3n) is 2.77. The summed E-state index contributed by atoms with van der Waals surface area (Å²) in [6.45, 7) is 1.51. The number of nitrogens with zero attached hydrogens (tertiary/aromatic N) is 1. The van der Waals surface area contributed by atoms with Crippen LogP contribution in [-0.2, 0) is 4.74 Å². The molecule has 0 aliphatic carbocycles. The summed E-state index contributed by atoms with van der Waals surface area (Å²) in [6, 6.07) is 14.1. The van der Waals surface area contributed by atoms with Crippen LogP contribution in [0.2, 0.25) is 0 Å². The molecule has 1 aromatic heterocycles. The first-order chi connectivity index (χ1) is 10.8. The highest BCUT2D eigenvalue weighted by molar-refractivity contribution is 7.99. The van der Waals surface area contributed by atoms with Crippen LogP contribution >= 0.6 is 24.0 Å². The van der Waals surface area contributed by atoms with Crippen molar-refractivity contribution in [3.63, 3.8) is 0 Å². The third kappa shape index (κ3) is 6.01. The van der Waals surface area contributed by atoms with Crippen LogP contribution in [0.15, 0.2) is 58.6 Å². The van der Waals surface area contributed by atoms with Crippen molar-refractivity contribution < 1.29 is 4.74 Å². The van der Waals surface area contributed by atoms with Gasteiger partial charge in [0.05, 0.1) is 11.9 Å². The highest BCUT2D eigenvalue weighted by Crippen LogP contribution is 2.25. The number of aromatic nitrogens is 1. The van der Waals surface area contributed by atoms with Crippen molar-refractivity contribution >= 4 is 34.8 Å². The first-order valence-corrected chi connectivity index (χ1v) is 8.23. The lowest BCUT2D eigenvalue weighted by Gasteiger charge is -2.10. The molecule has 0 saturated carbocycles. The van der Waals surface area contributed by atoms with Gasteiger partial charge in [-0.2, -0.15) is 0 Å². The average molecular weight is 333 g/mol. The zero-order valence-corrected chi connectivity index (χ0v) is 14.0. The standard InChI is InChI=1S/C16H19N3OS2/c1-20-11-5-10-17-16(21)19-13-8-9-15(18-12-13)22-14-6-3-2-4-7-14/h2-4,6-9,12H,5,10-11H2,1H3,(H2,17,19,21). The molecule has 0 saturated heterocycles. The predicted octanol–water partition coefficient (Wildman–Crippen LogP) is 3.56. The molecule has 0 fully saturated rings. The van der Waals surface area contributed by atoms with Gasteiger partial charge >= 0.3 is 0 Å². The fourth-order valence-electron chi connectivity index (χ4n) is 1.72. The van der Waals surface area contributed by atoms with Gasteiger partial charge < -0.3 is 15.4 Å². The van der Waals surface area contributed by atoms with E-state index in [0.29, 0.717) is 5.11 Å². The molecule has 6 heteroatoms. The molecular formula is C16H19N3OS2. The van der Waals surface area contributed by atoms with Gasteiger partial charge in [0, 0.05) is 25.2 Å². The number of thiocarbonyl (C=S) groups is 1. The Hall–Kier alpha value is -1.63. The number of ether oxygens (including phenoxy) is 1. The van der Waals surface area contributed by atoms with E-state index in [4.69, 9.17) is 17.0 Å². The fraction of sp³-hybridized carbons (Fsp3) is 0.250. The zero-order valence-electron chi connectivity index (χ0n) is 12.4. The second-order valence-electron chi connectivity index (χ2n) is 4.53. The largest absolute Gasteiger partial charge is 0.385 e. The monoisotopic (exact) mass is 333 g/mol. The summed E-state index contributed by atoms with van der Waals surface area (Å²) in [6.07, 6.45) is 2.71. The van der Waals surface area contributed by atoms with Gasteiger partial charge in [-0.3, -0.25) is 0 Å². The maximum atomic E-state index is 5.23. The highest BCUT2D eigenvalue weighted by Gasteiger charge is 2.01. The van der Waals surface area contributed by atoms with Crippen LogP contribution in [-0.4, -0.2) is 30.4 Å². The van der Waals surface area contributed by atoms with Crippen molar-refractivity contribution in [1.29, 1.82) is 0 Å². The molecule has 0 radical (unpaired) electrons. The van der Waals surface area contributed by atoms with Crippen LogP contribution in [0, 0.1) is 0 Å². The van der Waals surface area contributed by atoms with E-state index in [1.54, 1.807) is 25.1 Å². The topological polar surface area (TPSA) is 46.2 Å². The van der Waals surface area contributed by atoms with E-state index >= 15 is 0 Å². The second kappa shape index (κ2) is 9.40. The van der Waals surface area contributed by atoms with E-state index in [2.05, 4.69) is 27.8 Å². The molecule has 0 amide bonds. The maximum Gasteiger partial charge on any atom is 0.170 e. The summed E-state index contributed by atoms with van der Waals surface area (Å²) in [5.41, 5.74) is 0.877. The Bertz CT molecular complexity index is 576. The van der Waals surface area contributed by atoms with Crippen LogP contribution in [0.1, 0.15) is 6.42 Å². The molecule has 0 bridgehead atoms. The van der Waals surface area contributed by atoms with Crippen molar-refractivity contribution in [3.8, 4) is 0 Å². The highest BCUT2D eigenvalue weighted by atomic mass is 32.2. The summed E-state index contributed by atoms with van der Waals surface area (Å²) in [7, 11) is 1.69. The molecule has 0 unspecified atom stereocenters. The quantitative estimate of drug-likeness (QED) is 0.597. The Morgan fingerprint density at radius 3 is 2.73 bits per heavy atom. The van der Waals surface area contributed by atoms with E-state index in [-0.39, 0.29) is 0 Å². The molecule has 2 aromatic rings. The molecule has 0 aliphatic rings. The number of methoxy groups -OCH3 is 1. The summed E-state index contributed by atoms with van der Waals surface area (Å²) >= 11 is 6.86. The first kappa shape index (κ1) is 16.7. The van der Waals surface area contributed by atoms with Crippen LogP contribution in [0.3, 0.4) is 0 Å². The number of anilines is 1. The summed E-state index contributed by atoms with van der Waals surface area (Å²) in [4.78, 5) is 5.60. The fourth-order valence-corrected chi connectivity index (χ4v) is 2.71. The molecule has 2 rings (SSSR count). The van der Waals surface area contributed by atoms with E-state index in [9.17, 15) is 0 Å². The van der Waals surface area contributed by atoms with Crippen molar-refractivity contribution in [2.24, 2.45) is 0 Å². The number of nitrogens with one attached hydrogen (secondary N) is 2. The second-order valence-corrected chi connectivity index (χ2v) is 6.03. The van der Waals surface area contributed by atoms with Crippen molar-refractivity contribution in [2.75, 3.05) is 25.6 Å². The normalized spacial score (nSPS) is 10.2. The number of pyridine rings is 1. The minimum Gasteiger partial charge on any atom is -0.385 e. The van der Waals surface area contributed by atoms with Crippen molar-refractivity contribution in [1.82, 2.24) is 10.3 Å². The Morgan fingerprint density at radius 2 is 2.05 bits per heavy atom. The molecule has 22 heavy (non-hydrogen) atoms. The van der Waals surface area contributed by atoms with Crippen LogP contribution in [0.5, 0.6) is 0 Å².